The van der Waals surface area contributed by atoms with Gasteiger partial charge < -0.3 is 9.84 Å². The van der Waals surface area contributed by atoms with Gasteiger partial charge in [-0.1, -0.05) is 12.8 Å². The van der Waals surface area contributed by atoms with Crippen LogP contribution in [0.3, 0.4) is 0 Å². The first-order chi connectivity index (χ1) is 7.85. The first kappa shape index (κ1) is 14.9. The number of morpholine rings is 1. The Bertz CT molecular complexity index is 210. The molecule has 0 radical (unpaired) electrons. The van der Waals surface area contributed by atoms with Crippen molar-refractivity contribution in [1.29, 1.82) is 0 Å². The van der Waals surface area contributed by atoms with Crippen molar-refractivity contribution in [1.82, 2.24) is 4.90 Å². The second kappa shape index (κ2) is 6.17. The molecular formula is C14H29NO2. The Balaban J connectivity index is 2.28. The summed E-state index contributed by atoms with van der Waals surface area (Å²) in [5, 5.41) is 8.72. The summed E-state index contributed by atoms with van der Waals surface area (Å²) in [6.07, 6.45) is 4.54. The van der Waals surface area contributed by atoms with Gasteiger partial charge in [-0.15, -0.1) is 0 Å². The molecule has 102 valence electrons. The molecule has 3 nitrogen and oxygen atoms in total. The van der Waals surface area contributed by atoms with Crippen LogP contribution in [0, 0.1) is 0 Å². The van der Waals surface area contributed by atoms with E-state index in [-0.39, 0.29) is 11.2 Å². The van der Waals surface area contributed by atoms with Gasteiger partial charge in [0.05, 0.1) is 11.2 Å². The lowest BCUT2D eigenvalue weighted by atomic mass is 9.98. The quantitative estimate of drug-likeness (QED) is 0.727. The van der Waals surface area contributed by atoms with Gasteiger partial charge >= 0.3 is 0 Å². The van der Waals surface area contributed by atoms with Crippen LogP contribution in [0.5, 0.6) is 0 Å². The molecule has 1 aliphatic rings. The third-order valence-electron chi connectivity index (χ3n) is 3.14. The Morgan fingerprint density at radius 3 is 2.00 bits per heavy atom. The molecule has 1 N–H and O–H groups in total. The summed E-state index contributed by atoms with van der Waals surface area (Å²) >= 11 is 0. The maximum Gasteiger partial charge on any atom is 0.0760 e. The fourth-order valence-corrected chi connectivity index (χ4v) is 2.90. The van der Waals surface area contributed by atoms with E-state index in [2.05, 4.69) is 32.6 Å². The fraction of sp³-hybridized carbons (Fsp3) is 1.00. The molecule has 0 bridgehead atoms. The smallest absolute Gasteiger partial charge is 0.0760 e. The van der Waals surface area contributed by atoms with E-state index in [4.69, 9.17) is 9.84 Å². The summed E-state index contributed by atoms with van der Waals surface area (Å²) in [6, 6.07) is 0. The molecule has 0 spiro atoms. The van der Waals surface area contributed by atoms with Crippen LogP contribution in [0.25, 0.3) is 0 Å². The minimum Gasteiger partial charge on any atom is -0.396 e. The van der Waals surface area contributed by atoms with Crippen LogP contribution in [0.15, 0.2) is 0 Å². The van der Waals surface area contributed by atoms with E-state index >= 15 is 0 Å². The maximum absolute atomic E-state index is 8.72. The second-order valence-electron chi connectivity index (χ2n) is 6.47. The molecule has 0 unspecified atom stereocenters. The Kier molecular flexibility index (Phi) is 5.42. The zero-order valence-electron chi connectivity index (χ0n) is 12.0. The Labute approximate surface area is 106 Å². The van der Waals surface area contributed by atoms with E-state index in [1.165, 1.54) is 12.8 Å². The lowest BCUT2D eigenvalue weighted by Crippen LogP contribution is -2.57. The van der Waals surface area contributed by atoms with E-state index in [0.717, 1.165) is 32.5 Å². The minimum atomic E-state index is -0.0349. The number of aliphatic hydroxyl groups is 1. The predicted octanol–water partition coefficient (Wildman–Crippen LogP) is 2.43. The molecule has 0 aliphatic carbocycles. The highest BCUT2D eigenvalue weighted by Gasteiger charge is 2.37. The van der Waals surface area contributed by atoms with Crippen molar-refractivity contribution in [3.8, 4) is 0 Å². The Morgan fingerprint density at radius 2 is 1.47 bits per heavy atom. The van der Waals surface area contributed by atoms with Gasteiger partial charge in [0.2, 0.25) is 0 Å². The molecule has 0 aromatic heterocycles. The minimum absolute atomic E-state index is 0.0349. The van der Waals surface area contributed by atoms with Crippen molar-refractivity contribution in [2.24, 2.45) is 0 Å². The van der Waals surface area contributed by atoms with E-state index in [9.17, 15) is 0 Å². The molecule has 1 heterocycles. The van der Waals surface area contributed by atoms with Crippen molar-refractivity contribution in [3.05, 3.63) is 0 Å². The van der Waals surface area contributed by atoms with Crippen molar-refractivity contribution < 1.29 is 9.84 Å². The summed E-state index contributed by atoms with van der Waals surface area (Å²) in [6.45, 7) is 12.2. The van der Waals surface area contributed by atoms with Crippen LogP contribution < -0.4 is 0 Å². The first-order valence-electron chi connectivity index (χ1n) is 6.88. The number of rotatable bonds is 6. The molecule has 0 amide bonds. The monoisotopic (exact) mass is 243 g/mol. The molecule has 0 saturated carbocycles. The molecule has 0 atom stereocenters. The number of hydrogen-bond donors (Lipinski definition) is 1. The number of unbranched alkanes of at least 4 members (excludes halogenated alkanes) is 3. The lowest BCUT2D eigenvalue weighted by molar-refractivity contribution is -0.180. The number of ether oxygens (including phenoxy) is 1. The molecule has 0 aromatic rings. The van der Waals surface area contributed by atoms with Gasteiger partial charge in [0.1, 0.15) is 0 Å². The summed E-state index contributed by atoms with van der Waals surface area (Å²) in [5.41, 5.74) is -0.0697. The zero-order valence-corrected chi connectivity index (χ0v) is 12.0. The van der Waals surface area contributed by atoms with Crippen molar-refractivity contribution in [3.63, 3.8) is 0 Å². The van der Waals surface area contributed by atoms with Crippen LogP contribution in [0.4, 0.5) is 0 Å². The highest BCUT2D eigenvalue weighted by molar-refractivity contribution is 4.88. The molecule has 17 heavy (non-hydrogen) atoms. The second-order valence-corrected chi connectivity index (χ2v) is 6.47. The largest absolute Gasteiger partial charge is 0.396 e. The molecule has 0 aromatic carbocycles. The third-order valence-corrected chi connectivity index (χ3v) is 3.14. The summed E-state index contributed by atoms with van der Waals surface area (Å²) in [4.78, 5) is 2.52. The normalized spacial score (nSPS) is 23.8. The highest BCUT2D eigenvalue weighted by atomic mass is 16.5. The van der Waals surface area contributed by atoms with Gasteiger partial charge in [0.25, 0.3) is 0 Å². The summed E-state index contributed by atoms with van der Waals surface area (Å²) < 4.78 is 6.06. The van der Waals surface area contributed by atoms with Crippen molar-refractivity contribution in [2.75, 3.05) is 26.2 Å². The molecule has 1 rings (SSSR count). The van der Waals surface area contributed by atoms with Crippen LogP contribution >= 0.6 is 0 Å². The first-order valence-corrected chi connectivity index (χ1v) is 6.88. The zero-order chi connectivity index (χ0) is 12.9. The van der Waals surface area contributed by atoms with E-state index in [1.807, 2.05) is 0 Å². The topological polar surface area (TPSA) is 32.7 Å². The summed E-state index contributed by atoms with van der Waals surface area (Å²) in [7, 11) is 0. The Morgan fingerprint density at radius 1 is 0.941 bits per heavy atom. The van der Waals surface area contributed by atoms with E-state index < -0.39 is 0 Å². The lowest BCUT2D eigenvalue weighted by Gasteiger charge is -2.47. The molecular weight excluding hydrogens is 214 g/mol. The molecule has 1 saturated heterocycles. The highest BCUT2D eigenvalue weighted by Crippen LogP contribution is 2.28. The van der Waals surface area contributed by atoms with Gasteiger partial charge in [0.15, 0.2) is 0 Å². The van der Waals surface area contributed by atoms with Crippen LogP contribution in [-0.4, -0.2) is 47.4 Å². The number of nitrogens with zero attached hydrogens (tertiary/aromatic N) is 1. The molecule has 1 aliphatic heterocycles. The van der Waals surface area contributed by atoms with E-state index in [0.29, 0.717) is 6.61 Å². The van der Waals surface area contributed by atoms with Crippen LogP contribution in [0.1, 0.15) is 53.4 Å². The van der Waals surface area contributed by atoms with Gasteiger partial charge in [-0.2, -0.15) is 0 Å². The van der Waals surface area contributed by atoms with Crippen LogP contribution in [-0.2, 0) is 4.74 Å². The maximum atomic E-state index is 8.72. The average molecular weight is 243 g/mol. The predicted molar refractivity (Wildman–Crippen MR) is 71.2 cm³/mol. The SMILES string of the molecule is CC1(C)CN(CCCCCCO)CC(C)(C)O1. The van der Waals surface area contributed by atoms with Crippen molar-refractivity contribution in [2.45, 2.75) is 64.6 Å². The molecule has 3 heteroatoms. The number of aliphatic hydroxyl groups excluding tert-OH is 1. The molecule has 1 fully saturated rings. The fourth-order valence-electron chi connectivity index (χ4n) is 2.90. The van der Waals surface area contributed by atoms with Gasteiger partial charge in [-0.05, 0) is 47.1 Å². The number of hydrogen-bond acceptors (Lipinski definition) is 3. The van der Waals surface area contributed by atoms with Crippen molar-refractivity contribution >= 4 is 0 Å². The van der Waals surface area contributed by atoms with Gasteiger partial charge in [0, 0.05) is 19.7 Å². The average Bonchev–Trinajstić information content (AvgIpc) is 2.12. The Hall–Kier alpha value is -0.120. The van der Waals surface area contributed by atoms with E-state index in [1.54, 1.807) is 0 Å². The van der Waals surface area contributed by atoms with Gasteiger partial charge in [-0.3, -0.25) is 4.90 Å². The van der Waals surface area contributed by atoms with Gasteiger partial charge in [-0.25, -0.2) is 0 Å². The third kappa shape index (κ3) is 5.84. The standard InChI is InChI=1S/C14H29NO2/c1-13(2)11-15(12-14(3,4)17-13)9-7-5-6-8-10-16/h16H,5-12H2,1-4H3. The van der Waals surface area contributed by atoms with Crippen LogP contribution in [0.2, 0.25) is 0 Å². The summed E-state index contributed by atoms with van der Waals surface area (Å²) in [5.74, 6) is 0.